The topological polar surface area (TPSA) is 96.7 Å². The van der Waals surface area contributed by atoms with Crippen molar-refractivity contribution in [1.82, 2.24) is 14.7 Å². The molecule has 0 spiro atoms. The number of nitrogens with two attached hydrogens (primary N) is 1. The SMILES string of the molecule is CC(C(=O)N(C)Cc1cnn(C)c1)C(N)=NO. The molecule has 0 radical (unpaired) electrons. The molecule has 1 heterocycles. The normalized spacial score (nSPS) is 13.5. The fourth-order valence-electron chi connectivity index (χ4n) is 1.45. The van der Waals surface area contributed by atoms with Crippen LogP contribution in [0, 0.1) is 5.92 Å². The van der Waals surface area contributed by atoms with Gasteiger partial charge in [0.25, 0.3) is 0 Å². The van der Waals surface area contributed by atoms with E-state index in [1.54, 1.807) is 24.9 Å². The summed E-state index contributed by atoms with van der Waals surface area (Å²) in [7, 11) is 3.47. The zero-order valence-corrected chi connectivity index (χ0v) is 10.2. The van der Waals surface area contributed by atoms with Gasteiger partial charge in [-0.1, -0.05) is 5.16 Å². The number of nitrogens with zero attached hydrogens (tertiary/aromatic N) is 4. The minimum absolute atomic E-state index is 0.0898. The first-order chi connectivity index (χ1) is 7.95. The van der Waals surface area contributed by atoms with E-state index in [1.165, 1.54) is 4.90 Å². The van der Waals surface area contributed by atoms with Gasteiger partial charge in [0.15, 0.2) is 5.84 Å². The molecule has 0 bridgehead atoms. The molecule has 17 heavy (non-hydrogen) atoms. The lowest BCUT2D eigenvalue weighted by atomic mass is 10.1. The quantitative estimate of drug-likeness (QED) is 0.328. The third-order valence-corrected chi connectivity index (χ3v) is 2.48. The number of aromatic nitrogens is 2. The first-order valence-electron chi connectivity index (χ1n) is 5.15. The van der Waals surface area contributed by atoms with Gasteiger partial charge in [-0.15, -0.1) is 0 Å². The van der Waals surface area contributed by atoms with E-state index in [9.17, 15) is 4.79 Å². The van der Waals surface area contributed by atoms with Crippen molar-refractivity contribution in [2.24, 2.45) is 23.9 Å². The van der Waals surface area contributed by atoms with Gasteiger partial charge in [-0.25, -0.2) is 0 Å². The number of hydrogen-bond acceptors (Lipinski definition) is 4. The Morgan fingerprint density at radius 3 is 2.88 bits per heavy atom. The first kappa shape index (κ1) is 13.0. The molecular weight excluding hydrogens is 222 g/mol. The van der Waals surface area contributed by atoms with Crippen molar-refractivity contribution in [2.75, 3.05) is 7.05 Å². The van der Waals surface area contributed by atoms with Gasteiger partial charge in [0.1, 0.15) is 0 Å². The van der Waals surface area contributed by atoms with Crippen molar-refractivity contribution >= 4 is 11.7 Å². The summed E-state index contributed by atoms with van der Waals surface area (Å²) >= 11 is 0. The summed E-state index contributed by atoms with van der Waals surface area (Å²) in [4.78, 5) is 13.4. The van der Waals surface area contributed by atoms with Crippen molar-refractivity contribution in [2.45, 2.75) is 13.5 Å². The minimum Gasteiger partial charge on any atom is -0.409 e. The first-order valence-corrected chi connectivity index (χ1v) is 5.15. The summed E-state index contributed by atoms with van der Waals surface area (Å²) in [5.74, 6) is -0.932. The molecule has 0 fully saturated rings. The van der Waals surface area contributed by atoms with Gasteiger partial charge in [-0.2, -0.15) is 5.10 Å². The second-order valence-electron chi connectivity index (χ2n) is 3.96. The molecular formula is C10H17N5O2. The van der Waals surface area contributed by atoms with Crippen LogP contribution < -0.4 is 5.73 Å². The zero-order chi connectivity index (χ0) is 13.0. The van der Waals surface area contributed by atoms with Crippen molar-refractivity contribution < 1.29 is 10.0 Å². The number of oxime groups is 1. The number of carbonyl (C=O) groups is 1. The van der Waals surface area contributed by atoms with Gasteiger partial charge in [0, 0.05) is 32.4 Å². The van der Waals surface area contributed by atoms with E-state index < -0.39 is 5.92 Å². The fraction of sp³-hybridized carbons (Fsp3) is 0.500. The van der Waals surface area contributed by atoms with Crippen molar-refractivity contribution in [1.29, 1.82) is 0 Å². The number of amides is 1. The van der Waals surface area contributed by atoms with Crippen molar-refractivity contribution in [3.63, 3.8) is 0 Å². The van der Waals surface area contributed by atoms with Gasteiger partial charge < -0.3 is 15.8 Å². The number of carbonyl (C=O) groups excluding carboxylic acids is 1. The van der Waals surface area contributed by atoms with Crippen LogP contribution in [0.25, 0.3) is 0 Å². The highest BCUT2D eigenvalue weighted by Crippen LogP contribution is 2.06. The Kier molecular flexibility index (Phi) is 4.08. The molecule has 1 unspecified atom stereocenters. The van der Waals surface area contributed by atoms with E-state index in [0.29, 0.717) is 6.54 Å². The van der Waals surface area contributed by atoms with Gasteiger partial charge in [-0.05, 0) is 6.92 Å². The summed E-state index contributed by atoms with van der Waals surface area (Å²) < 4.78 is 1.67. The van der Waals surface area contributed by atoms with Crippen LogP contribution >= 0.6 is 0 Å². The molecule has 1 aromatic rings. The molecule has 1 amide bonds. The van der Waals surface area contributed by atoms with Crippen LogP contribution in [0.5, 0.6) is 0 Å². The second-order valence-corrected chi connectivity index (χ2v) is 3.96. The van der Waals surface area contributed by atoms with E-state index in [1.807, 2.05) is 13.2 Å². The Bertz CT molecular complexity index is 426. The summed E-state index contributed by atoms with van der Waals surface area (Å²) in [6.45, 7) is 2.03. The van der Waals surface area contributed by atoms with Crippen LogP contribution in [0.1, 0.15) is 12.5 Å². The zero-order valence-electron chi connectivity index (χ0n) is 10.2. The van der Waals surface area contributed by atoms with Crippen LogP contribution in [-0.4, -0.2) is 38.7 Å². The molecule has 0 aliphatic rings. The van der Waals surface area contributed by atoms with Crippen LogP contribution in [0.3, 0.4) is 0 Å². The molecule has 1 atom stereocenters. The highest BCUT2D eigenvalue weighted by atomic mass is 16.4. The highest BCUT2D eigenvalue weighted by Gasteiger charge is 2.21. The van der Waals surface area contributed by atoms with Crippen molar-refractivity contribution in [3.05, 3.63) is 18.0 Å². The lowest BCUT2D eigenvalue weighted by Crippen LogP contribution is -2.38. The van der Waals surface area contributed by atoms with Crippen LogP contribution in [0.2, 0.25) is 0 Å². The predicted octanol–water partition coefficient (Wildman–Crippen LogP) is -0.239. The highest BCUT2D eigenvalue weighted by molar-refractivity contribution is 6.01. The molecule has 1 aromatic heterocycles. The molecule has 0 aliphatic carbocycles. The lowest BCUT2D eigenvalue weighted by Gasteiger charge is -2.19. The third kappa shape index (κ3) is 3.20. The Morgan fingerprint density at radius 2 is 2.41 bits per heavy atom. The average Bonchev–Trinajstić information content (AvgIpc) is 2.71. The minimum atomic E-state index is -0.637. The number of amidine groups is 1. The predicted molar refractivity (Wildman–Crippen MR) is 62.3 cm³/mol. The number of rotatable bonds is 4. The number of hydrogen-bond donors (Lipinski definition) is 2. The summed E-state index contributed by atoms with van der Waals surface area (Å²) in [5, 5.41) is 15.4. The summed E-state index contributed by atoms with van der Waals surface area (Å²) in [6, 6.07) is 0. The van der Waals surface area contributed by atoms with Gasteiger partial charge in [0.05, 0.1) is 12.1 Å². The van der Waals surface area contributed by atoms with Crippen LogP contribution in [-0.2, 0) is 18.4 Å². The molecule has 0 saturated heterocycles. The number of aryl methyl sites for hydroxylation is 1. The Hall–Kier alpha value is -2.05. The largest absolute Gasteiger partial charge is 0.409 e. The van der Waals surface area contributed by atoms with E-state index in [0.717, 1.165) is 5.56 Å². The lowest BCUT2D eigenvalue weighted by molar-refractivity contribution is -0.132. The van der Waals surface area contributed by atoms with E-state index in [2.05, 4.69) is 10.3 Å². The molecule has 0 aromatic carbocycles. The van der Waals surface area contributed by atoms with Gasteiger partial charge >= 0.3 is 0 Å². The maximum Gasteiger partial charge on any atom is 0.233 e. The molecule has 1 rings (SSSR count). The molecule has 0 aliphatic heterocycles. The van der Waals surface area contributed by atoms with E-state index >= 15 is 0 Å². The summed E-state index contributed by atoms with van der Waals surface area (Å²) in [6.07, 6.45) is 3.52. The Balaban J connectivity index is 2.64. The summed E-state index contributed by atoms with van der Waals surface area (Å²) in [5.41, 5.74) is 6.31. The Morgan fingerprint density at radius 1 is 1.76 bits per heavy atom. The van der Waals surface area contributed by atoms with Gasteiger partial charge in [0.2, 0.25) is 5.91 Å². The smallest absolute Gasteiger partial charge is 0.233 e. The Labute approximate surface area is 99.5 Å². The van der Waals surface area contributed by atoms with Gasteiger partial charge in [-0.3, -0.25) is 9.48 Å². The third-order valence-electron chi connectivity index (χ3n) is 2.48. The monoisotopic (exact) mass is 239 g/mol. The standard InChI is InChI=1S/C10H17N5O2/c1-7(9(11)13-17)10(16)14(2)5-8-4-12-15(3)6-8/h4,6-7,17H,5H2,1-3H3,(H2,11,13). The average molecular weight is 239 g/mol. The maximum atomic E-state index is 11.9. The van der Waals surface area contributed by atoms with E-state index in [-0.39, 0.29) is 11.7 Å². The fourth-order valence-corrected chi connectivity index (χ4v) is 1.45. The van der Waals surface area contributed by atoms with E-state index in [4.69, 9.17) is 10.9 Å². The maximum absolute atomic E-state index is 11.9. The molecule has 7 heteroatoms. The van der Waals surface area contributed by atoms with Crippen LogP contribution in [0.15, 0.2) is 17.5 Å². The molecule has 7 nitrogen and oxygen atoms in total. The molecule has 0 saturated carbocycles. The molecule has 3 N–H and O–H groups in total. The van der Waals surface area contributed by atoms with Crippen molar-refractivity contribution in [3.8, 4) is 0 Å². The molecule has 94 valence electrons. The van der Waals surface area contributed by atoms with Crippen LogP contribution in [0.4, 0.5) is 0 Å². The second kappa shape index (κ2) is 5.33.